The summed E-state index contributed by atoms with van der Waals surface area (Å²) in [6.07, 6.45) is 1.12. The highest BCUT2D eigenvalue weighted by atomic mass is 35.5. The van der Waals surface area contributed by atoms with Crippen LogP contribution in [-0.4, -0.2) is 31.7 Å². The lowest BCUT2D eigenvalue weighted by Gasteiger charge is -2.31. The van der Waals surface area contributed by atoms with Crippen molar-refractivity contribution in [2.75, 3.05) is 13.1 Å². The topological polar surface area (TPSA) is 78.5 Å². The number of amides is 1. The molecule has 160 valence electrons. The molecule has 4 rings (SSSR count). The van der Waals surface area contributed by atoms with Crippen molar-refractivity contribution in [3.05, 3.63) is 66.6 Å². The van der Waals surface area contributed by atoms with Gasteiger partial charge in [0.2, 0.25) is 0 Å². The number of rotatable bonds is 3. The fraction of sp³-hybridized carbons (Fsp3) is 0.316. The third-order valence-corrected chi connectivity index (χ3v) is 8.46. The Bertz CT molecular complexity index is 1140. The predicted molar refractivity (Wildman–Crippen MR) is 119 cm³/mol. The van der Waals surface area contributed by atoms with Gasteiger partial charge in [-0.25, -0.2) is 4.72 Å². The van der Waals surface area contributed by atoms with Gasteiger partial charge in [0.05, 0.1) is 20.1 Å². The number of fused-ring (bicyclic) bond motifs is 2. The number of nitrogens with one attached hydrogen (secondary N) is 2. The van der Waals surface area contributed by atoms with E-state index < -0.39 is 22.2 Å². The highest BCUT2D eigenvalue weighted by Gasteiger charge is 2.35. The summed E-state index contributed by atoms with van der Waals surface area (Å²) in [6, 6.07) is 6.06. The van der Waals surface area contributed by atoms with Gasteiger partial charge < -0.3 is 5.32 Å². The first-order valence-corrected chi connectivity index (χ1v) is 12.1. The summed E-state index contributed by atoms with van der Waals surface area (Å²) >= 11 is 24.8. The second kappa shape index (κ2) is 8.47. The number of hydrogen-bond donors (Lipinski definition) is 2. The molecule has 0 radical (unpaired) electrons. The van der Waals surface area contributed by atoms with E-state index in [-0.39, 0.29) is 18.1 Å². The van der Waals surface area contributed by atoms with Crippen molar-refractivity contribution in [1.82, 2.24) is 14.3 Å². The molecule has 0 aromatic heterocycles. The average Bonchev–Trinajstić information content (AvgIpc) is 2.72. The highest BCUT2D eigenvalue weighted by Crippen LogP contribution is 2.36. The van der Waals surface area contributed by atoms with E-state index in [0.717, 1.165) is 11.1 Å². The Kier molecular flexibility index (Phi) is 6.25. The zero-order chi connectivity index (χ0) is 21.6. The Morgan fingerprint density at radius 3 is 2.40 bits per heavy atom. The van der Waals surface area contributed by atoms with E-state index in [1.807, 2.05) is 6.07 Å². The summed E-state index contributed by atoms with van der Waals surface area (Å²) in [5.41, 5.74) is 2.94. The van der Waals surface area contributed by atoms with Crippen LogP contribution in [0.15, 0.2) is 24.3 Å². The summed E-state index contributed by atoms with van der Waals surface area (Å²) < 4.78 is 29.2. The minimum Gasteiger partial charge on any atom is -0.302 e. The van der Waals surface area contributed by atoms with Gasteiger partial charge in [-0.15, -0.1) is 0 Å². The van der Waals surface area contributed by atoms with Crippen LogP contribution in [0.25, 0.3) is 0 Å². The molecule has 0 bridgehead atoms. The molecule has 2 heterocycles. The Morgan fingerprint density at radius 2 is 1.67 bits per heavy atom. The monoisotopic (exact) mass is 507 g/mol. The van der Waals surface area contributed by atoms with E-state index >= 15 is 0 Å². The zero-order valence-electron chi connectivity index (χ0n) is 15.5. The van der Waals surface area contributed by atoms with Crippen LogP contribution in [0.3, 0.4) is 0 Å². The van der Waals surface area contributed by atoms with Crippen molar-refractivity contribution in [2.24, 2.45) is 0 Å². The van der Waals surface area contributed by atoms with E-state index in [9.17, 15) is 13.2 Å². The predicted octanol–water partition coefficient (Wildman–Crippen LogP) is 3.91. The molecule has 1 unspecified atom stereocenters. The van der Waals surface area contributed by atoms with Crippen molar-refractivity contribution in [1.29, 1.82) is 0 Å². The van der Waals surface area contributed by atoms with Gasteiger partial charge in [0.15, 0.2) is 0 Å². The Labute approximate surface area is 194 Å². The molecule has 30 heavy (non-hydrogen) atoms. The molecule has 1 atom stereocenters. The van der Waals surface area contributed by atoms with Gasteiger partial charge in [0.1, 0.15) is 6.04 Å². The molecule has 2 aromatic carbocycles. The standard InChI is InChI=1S/C19H17Cl4N3O3S/c20-13-3-1-10-6-8-26(9-12(10)16(13)22)30(28,29)25-19(27)18-15-11(5-7-24-18)2-4-14(21)17(15)23/h1-4,18,24H,5-9H2,(H,25,27). The molecule has 11 heteroatoms. The van der Waals surface area contributed by atoms with Gasteiger partial charge >= 0.3 is 10.2 Å². The molecule has 2 N–H and O–H groups in total. The number of benzene rings is 2. The fourth-order valence-electron chi connectivity index (χ4n) is 3.81. The maximum absolute atomic E-state index is 12.9. The lowest BCUT2D eigenvalue weighted by molar-refractivity contribution is -0.121. The molecule has 0 aliphatic carbocycles. The molecular weight excluding hydrogens is 492 g/mol. The van der Waals surface area contributed by atoms with Gasteiger partial charge in [0, 0.05) is 25.2 Å². The molecule has 0 spiro atoms. The minimum absolute atomic E-state index is 0.0264. The lowest BCUT2D eigenvalue weighted by atomic mass is 9.94. The first-order valence-electron chi connectivity index (χ1n) is 9.16. The van der Waals surface area contributed by atoms with E-state index in [2.05, 4.69) is 10.0 Å². The number of nitrogens with zero attached hydrogens (tertiary/aromatic N) is 1. The summed E-state index contributed by atoms with van der Waals surface area (Å²) in [5, 5.41) is 4.25. The highest BCUT2D eigenvalue weighted by molar-refractivity contribution is 7.87. The van der Waals surface area contributed by atoms with Crippen LogP contribution in [0.4, 0.5) is 0 Å². The summed E-state index contributed by atoms with van der Waals surface area (Å²) in [5.74, 6) is -0.719. The van der Waals surface area contributed by atoms with Crippen molar-refractivity contribution in [3.63, 3.8) is 0 Å². The summed E-state index contributed by atoms with van der Waals surface area (Å²) in [4.78, 5) is 12.9. The van der Waals surface area contributed by atoms with Crippen LogP contribution in [0.2, 0.25) is 20.1 Å². The Morgan fingerprint density at radius 1 is 1.00 bits per heavy atom. The number of hydrogen-bond acceptors (Lipinski definition) is 4. The molecule has 0 saturated carbocycles. The Hall–Kier alpha value is -1.06. The van der Waals surface area contributed by atoms with Gasteiger partial charge in [-0.1, -0.05) is 58.5 Å². The molecule has 6 nitrogen and oxygen atoms in total. The SMILES string of the molecule is O=C(NS(=O)(=O)N1CCc2ccc(Cl)c(Cl)c2C1)C1NCCc2ccc(Cl)c(Cl)c21. The number of halogens is 4. The van der Waals surface area contributed by atoms with Gasteiger partial charge in [-0.05, 0) is 41.7 Å². The molecule has 0 saturated heterocycles. The van der Waals surface area contributed by atoms with Gasteiger partial charge in [-0.3, -0.25) is 4.79 Å². The molecular formula is C19H17Cl4N3O3S. The first kappa shape index (κ1) is 22.1. The van der Waals surface area contributed by atoms with E-state index in [1.165, 1.54) is 4.31 Å². The molecule has 2 aromatic rings. The van der Waals surface area contributed by atoms with Crippen LogP contribution in [-0.2, 0) is 34.4 Å². The minimum atomic E-state index is -4.11. The van der Waals surface area contributed by atoms with E-state index in [1.54, 1.807) is 18.2 Å². The largest absolute Gasteiger partial charge is 0.304 e. The summed E-state index contributed by atoms with van der Waals surface area (Å²) in [6.45, 7) is 0.752. The third-order valence-electron chi connectivity index (χ3n) is 5.34. The van der Waals surface area contributed by atoms with Gasteiger partial charge in [0.25, 0.3) is 5.91 Å². The number of carbonyl (C=O) groups excluding carboxylic acids is 1. The third kappa shape index (κ3) is 4.05. The maximum Gasteiger partial charge on any atom is 0.304 e. The first-order chi connectivity index (χ1) is 14.2. The second-order valence-electron chi connectivity index (χ2n) is 7.13. The second-order valence-corrected chi connectivity index (χ2v) is 10.4. The zero-order valence-corrected chi connectivity index (χ0v) is 19.4. The van der Waals surface area contributed by atoms with Gasteiger partial charge in [-0.2, -0.15) is 12.7 Å². The van der Waals surface area contributed by atoms with Crippen LogP contribution in [0.5, 0.6) is 0 Å². The van der Waals surface area contributed by atoms with Crippen molar-refractivity contribution in [2.45, 2.75) is 25.4 Å². The van der Waals surface area contributed by atoms with Crippen LogP contribution >= 0.6 is 46.4 Å². The quantitative estimate of drug-likeness (QED) is 0.658. The van der Waals surface area contributed by atoms with Crippen LogP contribution < -0.4 is 10.0 Å². The van der Waals surface area contributed by atoms with Crippen molar-refractivity contribution in [3.8, 4) is 0 Å². The molecule has 1 amide bonds. The normalized spacial score (nSPS) is 19.1. The Balaban J connectivity index is 1.57. The fourth-order valence-corrected chi connectivity index (χ4v) is 5.82. The molecule has 2 aliphatic heterocycles. The molecule has 0 fully saturated rings. The van der Waals surface area contributed by atoms with Crippen LogP contribution in [0, 0.1) is 0 Å². The number of carbonyl (C=O) groups is 1. The summed E-state index contributed by atoms with van der Waals surface area (Å²) in [7, 11) is -4.11. The van der Waals surface area contributed by atoms with Crippen molar-refractivity contribution >= 4 is 62.5 Å². The maximum atomic E-state index is 12.9. The van der Waals surface area contributed by atoms with E-state index in [4.69, 9.17) is 46.4 Å². The average molecular weight is 509 g/mol. The smallest absolute Gasteiger partial charge is 0.302 e. The van der Waals surface area contributed by atoms with Crippen LogP contribution in [0.1, 0.15) is 28.3 Å². The van der Waals surface area contributed by atoms with Crippen molar-refractivity contribution < 1.29 is 13.2 Å². The lowest BCUT2D eigenvalue weighted by Crippen LogP contribution is -2.49. The van der Waals surface area contributed by atoms with E-state index in [0.29, 0.717) is 45.6 Å². The molecule has 2 aliphatic rings.